The van der Waals surface area contributed by atoms with Gasteiger partial charge in [0.05, 0.1) is 4.90 Å². The van der Waals surface area contributed by atoms with Gasteiger partial charge >= 0.3 is 0 Å². The van der Waals surface area contributed by atoms with Crippen LogP contribution in [0.4, 0.5) is 0 Å². The SMILES string of the molecule is CCC[S@@](=NS(=O)(=O)c1ccc(Br)cc1)C(C)(C)C. The molecular formula is C13H20BrNO2S2. The van der Waals surface area contributed by atoms with E-state index >= 15 is 0 Å². The monoisotopic (exact) mass is 365 g/mol. The summed E-state index contributed by atoms with van der Waals surface area (Å²) in [5.41, 5.74) is 0. The van der Waals surface area contributed by atoms with E-state index in [1.807, 2.05) is 27.7 Å². The summed E-state index contributed by atoms with van der Waals surface area (Å²) < 4.78 is 29.5. The van der Waals surface area contributed by atoms with Crippen LogP contribution in [0.15, 0.2) is 37.4 Å². The van der Waals surface area contributed by atoms with Crippen LogP contribution in [0.25, 0.3) is 0 Å². The van der Waals surface area contributed by atoms with Crippen LogP contribution in [0.3, 0.4) is 0 Å². The van der Waals surface area contributed by atoms with E-state index in [2.05, 4.69) is 19.7 Å². The number of sulfonamides is 1. The first-order chi connectivity index (χ1) is 8.66. The average Bonchev–Trinajstić information content (AvgIpc) is 2.27. The van der Waals surface area contributed by atoms with Crippen molar-refractivity contribution in [3.8, 4) is 0 Å². The third-order valence-electron chi connectivity index (χ3n) is 2.40. The van der Waals surface area contributed by atoms with Gasteiger partial charge in [0.2, 0.25) is 0 Å². The predicted octanol–water partition coefficient (Wildman–Crippen LogP) is 4.15. The molecule has 1 aromatic rings. The van der Waals surface area contributed by atoms with Gasteiger partial charge in [0.1, 0.15) is 0 Å². The second kappa shape index (κ2) is 6.50. The van der Waals surface area contributed by atoms with E-state index in [-0.39, 0.29) is 9.64 Å². The van der Waals surface area contributed by atoms with Crippen LogP contribution in [-0.2, 0) is 20.7 Å². The largest absolute Gasteiger partial charge is 0.287 e. The lowest BCUT2D eigenvalue weighted by Gasteiger charge is -2.22. The molecule has 108 valence electrons. The van der Waals surface area contributed by atoms with Crippen molar-refractivity contribution in [2.24, 2.45) is 3.77 Å². The van der Waals surface area contributed by atoms with Crippen LogP contribution in [0.1, 0.15) is 34.1 Å². The summed E-state index contributed by atoms with van der Waals surface area (Å²) in [6, 6.07) is 6.60. The highest BCUT2D eigenvalue weighted by Crippen LogP contribution is 2.22. The highest BCUT2D eigenvalue weighted by atomic mass is 79.9. The normalized spacial score (nSPS) is 14.6. The fourth-order valence-corrected chi connectivity index (χ4v) is 5.64. The van der Waals surface area contributed by atoms with Crippen molar-refractivity contribution in [1.82, 2.24) is 0 Å². The maximum absolute atomic E-state index is 12.3. The van der Waals surface area contributed by atoms with Crippen LogP contribution in [-0.4, -0.2) is 18.9 Å². The molecule has 0 aliphatic rings. The lowest BCUT2D eigenvalue weighted by atomic mass is 10.3. The minimum Gasteiger partial charge on any atom is -0.199 e. The molecule has 0 fully saturated rings. The molecule has 6 heteroatoms. The Hall–Kier alpha value is -0.200. The maximum Gasteiger partial charge on any atom is 0.287 e. The lowest BCUT2D eigenvalue weighted by molar-refractivity contribution is 0.598. The smallest absolute Gasteiger partial charge is 0.199 e. The van der Waals surface area contributed by atoms with Gasteiger partial charge in [0.25, 0.3) is 10.0 Å². The zero-order valence-electron chi connectivity index (χ0n) is 11.7. The molecule has 0 spiro atoms. The molecule has 0 heterocycles. The molecule has 0 bridgehead atoms. The Morgan fingerprint density at radius 2 is 1.74 bits per heavy atom. The predicted molar refractivity (Wildman–Crippen MR) is 86.0 cm³/mol. The van der Waals surface area contributed by atoms with Gasteiger partial charge in [-0.2, -0.15) is 8.42 Å². The molecular weight excluding hydrogens is 346 g/mol. The van der Waals surface area contributed by atoms with Crippen molar-refractivity contribution in [2.45, 2.75) is 43.8 Å². The fourth-order valence-electron chi connectivity index (χ4n) is 1.42. The number of halogens is 1. The van der Waals surface area contributed by atoms with Crippen LogP contribution in [0.5, 0.6) is 0 Å². The fraction of sp³-hybridized carbons (Fsp3) is 0.538. The standard InChI is InChI=1S/C13H20BrNO2S2/c1-5-10-18(13(2,3)4)15-19(16,17)12-8-6-11(14)7-9-12/h6-9H,5,10H2,1-4H3/t18-/m1/s1. The van der Waals surface area contributed by atoms with E-state index in [4.69, 9.17) is 0 Å². The van der Waals surface area contributed by atoms with E-state index in [0.717, 1.165) is 16.6 Å². The Labute approximate surface area is 127 Å². The van der Waals surface area contributed by atoms with Crippen LogP contribution in [0, 0.1) is 0 Å². The van der Waals surface area contributed by atoms with Crippen LogP contribution >= 0.6 is 15.9 Å². The van der Waals surface area contributed by atoms with Gasteiger partial charge in [-0.1, -0.05) is 54.3 Å². The highest BCUT2D eigenvalue weighted by molar-refractivity contribution is 9.10. The first-order valence-corrected chi connectivity index (χ1v) is 9.70. The molecule has 0 unspecified atom stereocenters. The van der Waals surface area contributed by atoms with Gasteiger partial charge in [-0.05, 0) is 30.7 Å². The van der Waals surface area contributed by atoms with Crippen molar-refractivity contribution < 1.29 is 8.42 Å². The number of rotatable bonds is 4. The molecule has 19 heavy (non-hydrogen) atoms. The van der Waals surface area contributed by atoms with Gasteiger partial charge in [-0.25, -0.2) is 0 Å². The van der Waals surface area contributed by atoms with E-state index < -0.39 is 20.7 Å². The molecule has 0 N–H and O–H groups in total. The van der Waals surface area contributed by atoms with E-state index in [0.29, 0.717) is 0 Å². The summed E-state index contributed by atoms with van der Waals surface area (Å²) in [6.45, 7) is 8.15. The Kier molecular flexibility index (Phi) is 5.77. The molecule has 0 aliphatic carbocycles. The summed E-state index contributed by atoms with van der Waals surface area (Å²) >= 11 is 3.30. The molecule has 1 aromatic carbocycles. The molecule has 0 aliphatic heterocycles. The summed E-state index contributed by atoms with van der Waals surface area (Å²) in [7, 11) is -4.06. The van der Waals surface area contributed by atoms with Crippen molar-refractivity contribution in [3.05, 3.63) is 28.7 Å². The van der Waals surface area contributed by atoms with Crippen molar-refractivity contribution >= 4 is 36.6 Å². The Bertz CT molecular complexity index is 557. The molecule has 1 rings (SSSR count). The lowest BCUT2D eigenvalue weighted by Crippen LogP contribution is -2.24. The second-order valence-electron chi connectivity index (χ2n) is 5.18. The van der Waals surface area contributed by atoms with E-state index in [1.54, 1.807) is 24.3 Å². The molecule has 0 radical (unpaired) electrons. The zero-order valence-corrected chi connectivity index (χ0v) is 14.9. The third kappa shape index (κ3) is 5.00. The van der Waals surface area contributed by atoms with E-state index in [9.17, 15) is 8.42 Å². The quantitative estimate of drug-likeness (QED) is 0.804. The van der Waals surface area contributed by atoms with E-state index in [1.165, 1.54) is 0 Å². The summed E-state index contributed by atoms with van der Waals surface area (Å²) in [6.07, 6.45) is 0.930. The Morgan fingerprint density at radius 3 is 2.16 bits per heavy atom. The van der Waals surface area contributed by atoms with Crippen molar-refractivity contribution in [1.29, 1.82) is 0 Å². The molecule has 0 aromatic heterocycles. The van der Waals surface area contributed by atoms with Crippen molar-refractivity contribution in [3.63, 3.8) is 0 Å². The first kappa shape index (κ1) is 16.9. The molecule has 0 saturated carbocycles. The molecule has 0 amide bonds. The summed E-state index contributed by atoms with van der Waals surface area (Å²) in [4.78, 5) is 0.258. The Morgan fingerprint density at radius 1 is 1.21 bits per heavy atom. The highest BCUT2D eigenvalue weighted by Gasteiger charge is 2.21. The molecule has 3 nitrogen and oxygen atoms in total. The topological polar surface area (TPSA) is 46.5 Å². The van der Waals surface area contributed by atoms with Gasteiger partial charge in [0, 0.05) is 15.0 Å². The van der Waals surface area contributed by atoms with Gasteiger partial charge in [0.15, 0.2) is 0 Å². The summed E-state index contributed by atoms with van der Waals surface area (Å²) in [5, 5.41) is 0. The minimum atomic E-state index is -3.57. The number of nitrogens with zero attached hydrogens (tertiary/aromatic N) is 1. The second-order valence-corrected chi connectivity index (χ2v) is 10.5. The average molecular weight is 366 g/mol. The zero-order chi connectivity index (χ0) is 14.7. The molecule has 1 atom stereocenters. The maximum atomic E-state index is 12.3. The van der Waals surface area contributed by atoms with Gasteiger partial charge in [-0.15, -0.1) is 3.77 Å². The number of benzene rings is 1. The minimum absolute atomic E-state index is 0.127. The molecule has 0 saturated heterocycles. The third-order valence-corrected chi connectivity index (χ3v) is 7.51. The van der Waals surface area contributed by atoms with Crippen LogP contribution < -0.4 is 0 Å². The van der Waals surface area contributed by atoms with Crippen molar-refractivity contribution in [2.75, 3.05) is 5.75 Å². The summed E-state index contributed by atoms with van der Waals surface area (Å²) in [5.74, 6) is 0.805. The van der Waals surface area contributed by atoms with Crippen LogP contribution in [0.2, 0.25) is 0 Å². The first-order valence-electron chi connectivity index (χ1n) is 6.11. The van der Waals surface area contributed by atoms with Gasteiger partial charge < -0.3 is 0 Å². The number of hydrogen-bond donors (Lipinski definition) is 0. The van der Waals surface area contributed by atoms with Gasteiger partial charge in [-0.3, -0.25) is 0 Å². The Balaban J connectivity index is 3.22. The number of hydrogen-bond acceptors (Lipinski definition) is 2.